The first-order valence-corrected chi connectivity index (χ1v) is 18.4. The molecule has 248 valence electrons. The zero-order chi connectivity index (χ0) is 31.5. The molecule has 4 fully saturated rings. The molecule has 1 aromatic rings. The molecule has 0 saturated heterocycles. The molecule has 5 rings (SSSR count). The first-order valence-electron chi connectivity index (χ1n) is 18.4. The van der Waals surface area contributed by atoms with Crippen LogP contribution in [0.4, 0.5) is 0 Å². The number of hydrogen-bond donors (Lipinski definition) is 3. The van der Waals surface area contributed by atoms with Gasteiger partial charge in [-0.15, -0.1) is 0 Å². The number of nitrogens with zero attached hydrogens (tertiary/aromatic N) is 1. The van der Waals surface area contributed by atoms with Gasteiger partial charge in [-0.25, -0.2) is 0 Å². The summed E-state index contributed by atoms with van der Waals surface area (Å²) in [5, 5.41) is 33.9. The molecule has 3 N–H and O–H groups in total. The molecule has 1 aromatic carbocycles. The van der Waals surface area contributed by atoms with Crippen LogP contribution in [0.3, 0.4) is 0 Å². The van der Waals surface area contributed by atoms with Gasteiger partial charge >= 0.3 is 0 Å². The number of unbranched alkanes of at least 4 members (excludes halogenated alkanes) is 5. The molecule has 4 aliphatic rings. The molecule has 4 saturated carbocycles. The Morgan fingerprint density at radius 3 is 2.41 bits per heavy atom. The van der Waals surface area contributed by atoms with Gasteiger partial charge in [0.1, 0.15) is 0 Å². The summed E-state index contributed by atoms with van der Waals surface area (Å²) in [7, 11) is 0. The molecular weight excluding hydrogens is 546 g/mol. The van der Waals surface area contributed by atoms with Gasteiger partial charge in [-0.05, 0) is 110 Å². The number of carbonyl (C=O) groups excluding carboxylic acids is 1. The fourth-order valence-corrected chi connectivity index (χ4v) is 11.0. The largest absolute Gasteiger partial charge is 0.393 e. The second-order valence-electron chi connectivity index (χ2n) is 16.1. The Labute approximate surface area is 268 Å². The van der Waals surface area contributed by atoms with Crippen molar-refractivity contribution < 1.29 is 20.1 Å². The van der Waals surface area contributed by atoms with Crippen molar-refractivity contribution in [1.82, 2.24) is 4.90 Å². The van der Waals surface area contributed by atoms with Crippen molar-refractivity contribution in [2.45, 2.75) is 149 Å². The molecule has 44 heavy (non-hydrogen) atoms. The van der Waals surface area contributed by atoms with Crippen LogP contribution in [-0.2, 0) is 11.3 Å². The van der Waals surface area contributed by atoms with E-state index in [1.54, 1.807) is 0 Å². The number of hydrogen-bond acceptors (Lipinski definition) is 4. The average molecular weight is 610 g/mol. The Morgan fingerprint density at radius 1 is 0.932 bits per heavy atom. The van der Waals surface area contributed by atoms with E-state index in [0.29, 0.717) is 42.6 Å². The second kappa shape index (κ2) is 14.6. The minimum Gasteiger partial charge on any atom is -0.393 e. The summed E-state index contributed by atoms with van der Waals surface area (Å²) in [4.78, 5) is 15.8. The summed E-state index contributed by atoms with van der Waals surface area (Å²) in [5.74, 6) is 2.19. The van der Waals surface area contributed by atoms with E-state index in [9.17, 15) is 20.1 Å². The van der Waals surface area contributed by atoms with Gasteiger partial charge in [-0.2, -0.15) is 0 Å². The van der Waals surface area contributed by atoms with Gasteiger partial charge in [0, 0.05) is 19.5 Å². The number of aliphatic hydroxyl groups excluding tert-OH is 3. The summed E-state index contributed by atoms with van der Waals surface area (Å²) in [5.41, 5.74) is 1.07. The predicted octanol–water partition coefficient (Wildman–Crippen LogP) is 7.75. The van der Waals surface area contributed by atoms with Crippen LogP contribution in [0.5, 0.6) is 0 Å². The number of benzene rings is 1. The zero-order valence-corrected chi connectivity index (χ0v) is 28.3. The van der Waals surface area contributed by atoms with Crippen LogP contribution in [0.25, 0.3) is 0 Å². The van der Waals surface area contributed by atoms with Gasteiger partial charge in [0.15, 0.2) is 0 Å². The van der Waals surface area contributed by atoms with Crippen molar-refractivity contribution in [3.8, 4) is 0 Å². The van der Waals surface area contributed by atoms with Crippen molar-refractivity contribution in [3.63, 3.8) is 0 Å². The SMILES string of the molecule is CCCCCCCCN(Cc1ccccc1)C(=O)CCC(C)C1CCC2C3C(O)CC4CC(O)CCC4(C)C3CC(O)C12C. The Hall–Kier alpha value is -1.43. The highest BCUT2D eigenvalue weighted by Gasteiger charge is 2.65. The van der Waals surface area contributed by atoms with Crippen molar-refractivity contribution in [3.05, 3.63) is 35.9 Å². The molecule has 5 heteroatoms. The molecule has 11 unspecified atom stereocenters. The molecule has 4 aliphatic carbocycles. The monoisotopic (exact) mass is 609 g/mol. The third-order valence-corrected chi connectivity index (χ3v) is 13.7. The Balaban J connectivity index is 1.22. The number of amides is 1. The molecule has 0 heterocycles. The molecule has 0 radical (unpaired) electrons. The first kappa shape index (κ1) is 33.9. The molecule has 1 amide bonds. The van der Waals surface area contributed by atoms with Crippen molar-refractivity contribution in [1.29, 1.82) is 0 Å². The highest BCUT2D eigenvalue weighted by Crippen LogP contribution is 2.68. The maximum atomic E-state index is 13.7. The Morgan fingerprint density at radius 2 is 1.66 bits per heavy atom. The molecule has 5 nitrogen and oxygen atoms in total. The van der Waals surface area contributed by atoms with Crippen LogP contribution in [0, 0.1) is 46.3 Å². The number of aliphatic hydroxyl groups is 3. The molecule has 0 aliphatic heterocycles. The lowest BCUT2D eigenvalue weighted by molar-refractivity contribution is -0.207. The van der Waals surface area contributed by atoms with Crippen molar-refractivity contribution >= 4 is 5.91 Å². The van der Waals surface area contributed by atoms with E-state index in [1.165, 1.54) is 37.7 Å². The zero-order valence-electron chi connectivity index (χ0n) is 28.3. The highest BCUT2D eigenvalue weighted by atomic mass is 16.3. The van der Waals surface area contributed by atoms with Gasteiger partial charge < -0.3 is 20.2 Å². The van der Waals surface area contributed by atoms with Crippen LogP contribution in [0.15, 0.2) is 30.3 Å². The van der Waals surface area contributed by atoms with Crippen molar-refractivity contribution in [2.75, 3.05) is 6.54 Å². The maximum Gasteiger partial charge on any atom is 0.222 e. The lowest BCUT2D eigenvalue weighted by Gasteiger charge is -2.63. The van der Waals surface area contributed by atoms with E-state index in [-0.39, 0.29) is 41.0 Å². The van der Waals surface area contributed by atoms with Gasteiger partial charge in [-0.1, -0.05) is 90.1 Å². The Bertz CT molecular complexity index is 1060. The molecule has 0 bridgehead atoms. The van der Waals surface area contributed by atoms with Crippen molar-refractivity contribution in [2.24, 2.45) is 46.3 Å². The third-order valence-electron chi connectivity index (χ3n) is 13.7. The van der Waals surface area contributed by atoms with E-state index >= 15 is 0 Å². The van der Waals surface area contributed by atoms with Crippen LogP contribution in [-0.4, -0.2) is 51.0 Å². The summed E-state index contributed by atoms with van der Waals surface area (Å²) >= 11 is 0. The summed E-state index contributed by atoms with van der Waals surface area (Å²) in [6.45, 7) is 10.8. The summed E-state index contributed by atoms with van der Waals surface area (Å²) < 4.78 is 0. The molecule has 11 atom stereocenters. The van der Waals surface area contributed by atoms with E-state index in [1.807, 2.05) is 6.07 Å². The topological polar surface area (TPSA) is 81.0 Å². The van der Waals surface area contributed by atoms with Crippen LogP contribution >= 0.6 is 0 Å². The predicted molar refractivity (Wildman–Crippen MR) is 178 cm³/mol. The summed E-state index contributed by atoms with van der Waals surface area (Å²) in [6.07, 6.45) is 14.1. The van der Waals surface area contributed by atoms with Crippen LogP contribution in [0.2, 0.25) is 0 Å². The molecular formula is C39H63NO4. The molecule has 0 spiro atoms. The first-order chi connectivity index (χ1) is 21.1. The van der Waals surface area contributed by atoms with E-state index in [0.717, 1.165) is 64.3 Å². The lowest BCUT2D eigenvalue weighted by atomic mass is 9.43. The van der Waals surface area contributed by atoms with Gasteiger partial charge in [0.05, 0.1) is 18.3 Å². The summed E-state index contributed by atoms with van der Waals surface area (Å²) in [6, 6.07) is 10.4. The second-order valence-corrected chi connectivity index (χ2v) is 16.1. The minimum atomic E-state index is -0.378. The normalized spacial score (nSPS) is 38.8. The van der Waals surface area contributed by atoms with Gasteiger partial charge in [0.25, 0.3) is 0 Å². The van der Waals surface area contributed by atoms with Crippen LogP contribution < -0.4 is 0 Å². The number of rotatable bonds is 13. The Kier molecular flexibility index (Phi) is 11.2. The fourth-order valence-electron chi connectivity index (χ4n) is 11.0. The number of fused-ring (bicyclic) bond motifs is 5. The van der Waals surface area contributed by atoms with Gasteiger partial charge in [0.2, 0.25) is 5.91 Å². The lowest BCUT2D eigenvalue weighted by Crippen LogP contribution is -2.62. The number of carbonyl (C=O) groups is 1. The maximum absolute atomic E-state index is 13.7. The van der Waals surface area contributed by atoms with Gasteiger partial charge in [-0.3, -0.25) is 4.79 Å². The van der Waals surface area contributed by atoms with Crippen LogP contribution in [0.1, 0.15) is 130 Å². The average Bonchev–Trinajstić information content (AvgIpc) is 3.37. The van der Waals surface area contributed by atoms with E-state index in [2.05, 4.69) is 56.9 Å². The third kappa shape index (κ3) is 6.81. The fraction of sp³-hybridized carbons (Fsp3) is 0.821. The minimum absolute atomic E-state index is 0.0970. The molecule has 0 aromatic heterocycles. The quantitative estimate of drug-likeness (QED) is 0.200. The van der Waals surface area contributed by atoms with E-state index < -0.39 is 0 Å². The standard InChI is InChI=1S/C39H63NO4/c1-5-6-7-8-9-13-22-40(26-28-14-11-10-12-15-28)36(44)19-16-27(2)31-17-18-32-37-33(25-35(43)39(31,32)4)38(3)21-20-30(41)23-29(38)24-34(37)42/h10-12,14-15,27,29-35,37,41-43H,5-9,13,16-26H2,1-4H3. The highest BCUT2D eigenvalue weighted by molar-refractivity contribution is 5.76. The van der Waals surface area contributed by atoms with E-state index in [4.69, 9.17) is 0 Å². The smallest absolute Gasteiger partial charge is 0.222 e.